The van der Waals surface area contributed by atoms with Crippen molar-refractivity contribution >= 4 is 11.9 Å². The fourth-order valence-electron chi connectivity index (χ4n) is 3.48. The lowest BCUT2D eigenvalue weighted by Gasteiger charge is -2.34. The van der Waals surface area contributed by atoms with E-state index in [9.17, 15) is 18.4 Å². The third-order valence-corrected chi connectivity index (χ3v) is 5.26. The summed E-state index contributed by atoms with van der Waals surface area (Å²) in [5, 5.41) is 15.6. The molecule has 0 amide bonds. The Morgan fingerprint density at radius 2 is 1.29 bits per heavy atom. The highest BCUT2D eigenvalue weighted by atomic mass is 19.1. The van der Waals surface area contributed by atoms with Crippen molar-refractivity contribution in [1.29, 1.82) is 0 Å². The van der Waals surface area contributed by atoms with Crippen molar-refractivity contribution in [2.45, 2.75) is 6.10 Å². The molecule has 188 valence electrons. The van der Waals surface area contributed by atoms with E-state index in [1.807, 2.05) is 6.08 Å². The zero-order valence-corrected chi connectivity index (χ0v) is 19.4. The van der Waals surface area contributed by atoms with Crippen molar-refractivity contribution < 1.29 is 33.3 Å². The predicted octanol–water partition coefficient (Wildman–Crippen LogP) is 3.59. The second-order valence-electron chi connectivity index (χ2n) is 7.79. The van der Waals surface area contributed by atoms with Crippen LogP contribution in [0.3, 0.4) is 0 Å². The Balaban J connectivity index is 0.000000466. The van der Waals surface area contributed by atoms with Crippen molar-refractivity contribution in [3.63, 3.8) is 0 Å². The number of aliphatic carboxylic acids is 2. The summed E-state index contributed by atoms with van der Waals surface area (Å²) in [7, 11) is 0. The second-order valence-corrected chi connectivity index (χ2v) is 7.79. The standard InChI is InChI=1S/C22H26F2N2O.C4H4O4/c1-2-11-25-12-14-26(15-13-25)16-17-27-22(18-3-7-20(23)8-4-18)19-5-9-21(24)10-6-19;5-3(6)1-2-4(7)8/h2-10,22H,1,11-17H2;1-2H,(H,5,6)(H,7,8)/b;2-1+. The molecule has 9 heteroatoms. The van der Waals surface area contributed by atoms with Crippen molar-refractivity contribution in [3.05, 3.63) is 96.1 Å². The van der Waals surface area contributed by atoms with Crippen molar-refractivity contribution in [2.75, 3.05) is 45.9 Å². The van der Waals surface area contributed by atoms with Gasteiger partial charge in [0, 0.05) is 51.4 Å². The molecule has 1 fully saturated rings. The number of halogens is 2. The summed E-state index contributed by atoms with van der Waals surface area (Å²) in [5.41, 5.74) is 1.72. The molecule has 2 aromatic carbocycles. The minimum atomic E-state index is -1.26. The van der Waals surface area contributed by atoms with Gasteiger partial charge in [0.15, 0.2) is 0 Å². The summed E-state index contributed by atoms with van der Waals surface area (Å²) < 4.78 is 32.7. The van der Waals surface area contributed by atoms with Crippen LogP contribution >= 0.6 is 0 Å². The molecule has 35 heavy (non-hydrogen) atoms. The first-order valence-corrected chi connectivity index (χ1v) is 11.1. The lowest BCUT2D eigenvalue weighted by Crippen LogP contribution is -2.47. The zero-order chi connectivity index (χ0) is 25.6. The number of carboxylic acid groups (broad SMARTS) is 2. The van der Waals surface area contributed by atoms with Gasteiger partial charge in [0.1, 0.15) is 17.7 Å². The number of hydrogen-bond donors (Lipinski definition) is 2. The average molecular weight is 489 g/mol. The fourth-order valence-corrected chi connectivity index (χ4v) is 3.48. The fraction of sp³-hybridized carbons (Fsp3) is 0.308. The Hall–Kier alpha value is -3.40. The third kappa shape index (κ3) is 10.6. The van der Waals surface area contributed by atoms with E-state index in [0.717, 1.165) is 50.4 Å². The molecular weight excluding hydrogens is 458 g/mol. The molecular formula is C26H30F2N2O5. The van der Waals surface area contributed by atoms with Gasteiger partial charge in [-0.05, 0) is 35.4 Å². The maximum Gasteiger partial charge on any atom is 0.328 e. The zero-order valence-electron chi connectivity index (χ0n) is 19.4. The Bertz CT molecular complexity index is 911. The summed E-state index contributed by atoms with van der Waals surface area (Å²) in [6.07, 6.45) is 2.72. The number of benzene rings is 2. The number of carboxylic acids is 2. The van der Waals surface area contributed by atoms with Gasteiger partial charge in [-0.25, -0.2) is 18.4 Å². The van der Waals surface area contributed by atoms with Crippen LogP contribution in [0.2, 0.25) is 0 Å². The summed E-state index contributed by atoms with van der Waals surface area (Å²) in [4.78, 5) is 23.9. The lowest BCUT2D eigenvalue weighted by molar-refractivity contribution is -0.134. The SMILES string of the molecule is C=CCN1CCN(CCOC(c2ccc(F)cc2)c2ccc(F)cc2)CC1.O=C(O)/C=C/C(=O)O. The summed E-state index contributed by atoms with van der Waals surface area (Å²) in [6, 6.07) is 12.6. The van der Waals surface area contributed by atoms with Crippen LogP contribution < -0.4 is 0 Å². The van der Waals surface area contributed by atoms with Gasteiger partial charge in [0.05, 0.1) is 6.61 Å². The normalized spacial score (nSPS) is 14.5. The van der Waals surface area contributed by atoms with Gasteiger partial charge in [0.25, 0.3) is 0 Å². The molecule has 0 saturated carbocycles. The molecule has 0 bridgehead atoms. The van der Waals surface area contributed by atoms with E-state index in [1.165, 1.54) is 24.3 Å². The maximum absolute atomic E-state index is 13.3. The highest BCUT2D eigenvalue weighted by Crippen LogP contribution is 2.26. The van der Waals surface area contributed by atoms with E-state index in [0.29, 0.717) is 18.8 Å². The van der Waals surface area contributed by atoms with E-state index in [2.05, 4.69) is 16.4 Å². The van der Waals surface area contributed by atoms with Crippen LogP contribution in [0.4, 0.5) is 8.78 Å². The molecule has 1 aliphatic rings. The van der Waals surface area contributed by atoms with Gasteiger partial charge in [-0.15, -0.1) is 6.58 Å². The largest absolute Gasteiger partial charge is 0.478 e. The molecule has 3 rings (SSSR count). The first kappa shape index (κ1) is 27.8. The predicted molar refractivity (Wildman–Crippen MR) is 128 cm³/mol. The van der Waals surface area contributed by atoms with Gasteiger partial charge in [-0.1, -0.05) is 30.3 Å². The van der Waals surface area contributed by atoms with Gasteiger partial charge in [-0.3, -0.25) is 9.80 Å². The van der Waals surface area contributed by atoms with Gasteiger partial charge < -0.3 is 14.9 Å². The van der Waals surface area contributed by atoms with Gasteiger partial charge in [0.2, 0.25) is 0 Å². The lowest BCUT2D eigenvalue weighted by atomic mass is 10.0. The molecule has 0 radical (unpaired) electrons. The quantitative estimate of drug-likeness (QED) is 0.390. The topological polar surface area (TPSA) is 90.3 Å². The Labute approximate surface area is 203 Å². The Morgan fingerprint density at radius 3 is 1.69 bits per heavy atom. The van der Waals surface area contributed by atoms with Crippen LogP contribution in [-0.2, 0) is 14.3 Å². The number of hydrogen-bond acceptors (Lipinski definition) is 5. The summed E-state index contributed by atoms with van der Waals surface area (Å²) in [6.45, 7) is 10.2. The number of carbonyl (C=O) groups is 2. The van der Waals surface area contributed by atoms with E-state index in [-0.39, 0.29) is 17.7 Å². The van der Waals surface area contributed by atoms with Gasteiger partial charge in [-0.2, -0.15) is 0 Å². The molecule has 2 N–H and O–H groups in total. The Kier molecular flexibility index (Phi) is 11.8. The molecule has 1 saturated heterocycles. The third-order valence-electron chi connectivity index (χ3n) is 5.26. The molecule has 0 spiro atoms. The van der Waals surface area contributed by atoms with Crippen molar-refractivity contribution in [2.24, 2.45) is 0 Å². The monoisotopic (exact) mass is 488 g/mol. The van der Waals surface area contributed by atoms with Gasteiger partial charge >= 0.3 is 11.9 Å². The first-order valence-electron chi connectivity index (χ1n) is 11.1. The van der Waals surface area contributed by atoms with Crippen LogP contribution in [0.5, 0.6) is 0 Å². The number of nitrogens with zero attached hydrogens (tertiary/aromatic N) is 2. The highest BCUT2D eigenvalue weighted by Gasteiger charge is 2.18. The average Bonchev–Trinajstić information content (AvgIpc) is 2.84. The molecule has 1 heterocycles. The second kappa shape index (κ2) is 14.8. The first-order chi connectivity index (χ1) is 16.8. The van der Waals surface area contributed by atoms with Crippen LogP contribution in [0.15, 0.2) is 73.3 Å². The minimum absolute atomic E-state index is 0.283. The van der Waals surface area contributed by atoms with Crippen molar-refractivity contribution in [1.82, 2.24) is 9.80 Å². The molecule has 7 nitrogen and oxygen atoms in total. The van der Waals surface area contributed by atoms with E-state index >= 15 is 0 Å². The molecule has 0 atom stereocenters. The highest BCUT2D eigenvalue weighted by molar-refractivity contribution is 5.89. The van der Waals surface area contributed by atoms with Crippen LogP contribution in [0.1, 0.15) is 17.2 Å². The molecule has 0 unspecified atom stereocenters. The number of rotatable bonds is 10. The minimum Gasteiger partial charge on any atom is -0.478 e. The van der Waals surface area contributed by atoms with Crippen molar-refractivity contribution in [3.8, 4) is 0 Å². The molecule has 0 aliphatic carbocycles. The number of piperazine rings is 1. The number of ether oxygens (including phenoxy) is 1. The molecule has 0 aromatic heterocycles. The van der Waals surface area contributed by atoms with E-state index < -0.39 is 11.9 Å². The maximum atomic E-state index is 13.3. The van der Waals surface area contributed by atoms with Crippen LogP contribution in [0.25, 0.3) is 0 Å². The van der Waals surface area contributed by atoms with Crippen LogP contribution in [0, 0.1) is 11.6 Å². The smallest absolute Gasteiger partial charge is 0.328 e. The Morgan fingerprint density at radius 1 is 0.857 bits per heavy atom. The van der Waals surface area contributed by atoms with Crippen LogP contribution in [-0.4, -0.2) is 77.8 Å². The molecule has 1 aliphatic heterocycles. The summed E-state index contributed by atoms with van der Waals surface area (Å²) >= 11 is 0. The molecule has 2 aromatic rings. The summed E-state index contributed by atoms with van der Waals surface area (Å²) in [5.74, 6) is -3.08. The van der Waals surface area contributed by atoms with E-state index in [1.54, 1.807) is 24.3 Å². The van der Waals surface area contributed by atoms with E-state index in [4.69, 9.17) is 14.9 Å².